The van der Waals surface area contributed by atoms with E-state index in [1.54, 1.807) is 11.3 Å². The average Bonchev–Trinajstić information content (AvgIpc) is 3.24. The highest BCUT2D eigenvalue weighted by atomic mass is 32.1. The van der Waals surface area contributed by atoms with Crippen molar-refractivity contribution in [2.75, 3.05) is 11.9 Å². The van der Waals surface area contributed by atoms with Crippen LogP contribution in [0.1, 0.15) is 45.4 Å². The van der Waals surface area contributed by atoms with E-state index < -0.39 is 5.97 Å². The summed E-state index contributed by atoms with van der Waals surface area (Å²) in [6.45, 7) is 1.49. The van der Waals surface area contributed by atoms with Gasteiger partial charge >= 0.3 is 5.97 Å². The SMILES string of the molecule is CC(=O)Nc1sc2c(c1C(=O)OCC(=O)NCc1cccs1)CCCC2. The highest BCUT2D eigenvalue weighted by Gasteiger charge is 2.27. The van der Waals surface area contributed by atoms with Crippen molar-refractivity contribution in [2.45, 2.75) is 39.2 Å². The Hall–Kier alpha value is -2.19. The third-order valence-electron chi connectivity index (χ3n) is 4.04. The summed E-state index contributed by atoms with van der Waals surface area (Å²) < 4.78 is 5.21. The van der Waals surface area contributed by atoms with Gasteiger partial charge in [0.05, 0.1) is 12.1 Å². The molecule has 0 saturated carbocycles. The number of carbonyl (C=O) groups excluding carboxylic acids is 3. The molecule has 3 rings (SSSR count). The van der Waals surface area contributed by atoms with Crippen LogP contribution >= 0.6 is 22.7 Å². The Balaban J connectivity index is 1.64. The van der Waals surface area contributed by atoms with E-state index in [-0.39, 0.29) is 18.4 Å². The Kier molecular flexibility index (Phi) is 6.05. The second kappa shape index (κ2) is 8.46. The molecule has 0 radical (unpaired) electrons. The Morgan fingerprint density at radius 3 is 2.77 bits per heavy atom. The van der Waals surface area contributed by atoms with Gasteiger partial charge in [0.2, 0.25) is 5.91 Å². The Labute approximate surface area is 159 Å². The average molecular weight is 393 g/mol. The van der Waals surface area contributed by atoms with Gasteiger partial charge in [-0.25, -0.2) is 4.79 Å². The van der Waals surface area contributed by atoms with Crippen LogP contribution in [0.15, 0.2) is 17.5 Å². The molecule has 2 aromatic rings. The minimum atomic E-state index is -0.556. The fourth-order valence-electron chi connectivity index (χ4n) is 2.88. The summed E-state index contributed by atoms with van der Waals surface area (Å²) in [5, 5.41) is 7.90. The zero-order chi connectivity index (χ0) is 18.5. The summed E-state index contributed by atoms with van der Waals surface area (Å²) in [4.78, 5) is 38.1. The van der Waals surface area contributed by atoms with Crippen molar-refractivity contribution in [3.8, 4) is 0 Å². The summed E-state index contributed by atoms with van der Waals surface area (Å²) in [5.74, 6) is -1.14. The van der Waals surface area contributed by atoms with Gasteiger partial charge in [-0.3, -0.25) is 9.59 Å². The molecule has 0 saturated heterocycles. The number of amides is 2. The summed E-state index contributed by atoms with van der Waals surface area (Å²) in [6.07, 6.45) is 3.78. The summed E-state index contributed by atoms with van der Waals surface area (Å²) >= 11 is 2.98. The maximum absolute atomic E-state index is 12.6. The van der Waals surface area contributed by atoms with Crippen LogP contribution in [0.5, 0.6) is 0 Å². The van der Waals surface area contributed by atoms with Gasteiger partial charge in [-0.05, 0) is 42.7 Å². The molecule has 2 aromatic heterocycles. The lowest BCUT2D eigenvalue weighted by Crippen LogP contribution is -2.28. The van der Waals surface area contributed by atoms with E-state index in [2.05, 4.69) is 10.6 Å². The van der Waals surface area contributed by atoms with Gasteiger partial charge in [0.1, 0.15) is 5.00 Å². The van der Waals surface area contributed by atoms with Gasteiger partial charge in [-0.15, -0.1) is 22.7 Å². The number of fused-ring (bicyclic) bond motifs is 1. The minimum Gasteiger partial charge on any atom is -0.452 e. The molecule has 0 aromatic carbocycles. The van der Waals surface area contributed by atoms with Crippen molar-refractivity contribution in [2.24, 2.45) is 0 Å². The van der Waals surface area contributed by atoms with E-state index in [4.69, 9.17) is 4.74 Å². The topological polar surface area (TPSA) is 84.5 Å². The monoisotopic (exact) mass is 392 g/mol. The number of hydrogen-bond acceptors (Lipinski definition) is 6. The van der Waals surface area contributed by atoms with Gasteiger partial charge < -0.3 is 15.4 Å². The first kappa shape index (κ1) is 18.6. The van der Waals surface area contributed by atoms with Crippen molar-refractivity contribution in [1.29, 1.82) is 0 Å². The highest BCUT2D eigenvalue weighted by molar-refractivity contribution is 7.17. The van der Waals surface area contributed by atoms with Gasteiger partial charge in [-0.1, -0.05) is 6.07 Å². The Morgan fingerprint density at radius 1 is 1.23 bits per heavy atom. The van der Waals surface area contributed by atoms with Crippen molar-refractivity contribution >= 4 is 45.5 Å². The van der Waals surface area contributed by atoms with Gasteiger partial charge in [0, 0.05) is 16.7 Å². The molecule has 2 amide bonds. The third kappa shape index (κ3) is 4.50. The molecule has 0 unspecified atom stereocenters. The van der Waals surface area contributed by atoms with Crippen LogP contribution in [0.2, 0.25) is 0 Å². The molecule has 26 heavy (non-hydrogen) atoms. The van der Waals surface area contributed by atoms with E-state index >= 15 is 0 Å². The molecule has 1 aliphatic rings. The fraction of sp³-hybridized carbons (Fsp3) is 0.389. The van der Waals surface area contributed by atoms with Crippen molar-refractivity contribution in [3.05, 3.63) is 38.4 Å². The number of esters is 1. The lowest BCUT2D eigenvalue weighted by molar-refractivity contribution is -0.124. The van der Waals surface area contributed by atoms with Crippen LogP contribution in [0.3, 0.4) is 0 Å². The molecule has 2 N–H and O–H groups in total. The van der Waals surface area contributed by atoms with Crippen LogP contribution in [-0.4, -0.2) is 24.4 Å². The van der Waals surface area contributed by atoms with E-state index in [1.165, 1.54) is 18.3 Å². The normalized spacial score (nSPS) is 13.0. The predicted molar refractivity (Wildman–Crippen MR) is 102 cm³/mol. The molecular weight excluding hydrogens is 372 g/mol. The molecule has 2 heterocycles. The van der Waals surface area contributed by atoms with E-state index in [9.17, 15) is 14.4 Å². The maximum atomic E-state index is 12.6. The summed E-state index contributed by atoms with van der Waals surface area (Å²) in [5.41, 5.74) is 1.36. The Bertz CT molecular complexity index is 812. The molecular formula is C18H20N2O4S2. The first-order valence-electron chi connectivity index (χ1n) is 8.43. The van der Waals surface area contributed by atoms with Gasteiger partial charge in [0.25, 0.3) is 5.91 Å². The molecule has 0 aliphatic heterocycles. The van der Waals surface area contributed by atoms with Crippen LogP contribution in [0, 0.1) is 0 Å². The number of ether oxygens (including phenoxy) is 1. The van der Waals surface area contributed by atoms with Gasteiger partial charge in [-0.2, -0.15) is 0 Å². The lowest BCUT2D eigenvalue weighted by atomic mass is 9.95. The first-order chi connectivity index (χ1) is 12.5. The minimum absolute atomic E-state index is 0.230. The molecule has 138 valence electrons. The largest absolute Gasteiger partial charge is 0.452 e. The van der Waals surface area contributed by atoms with Crippen molar-refractivity contribution in [3.63, 3.8) is 0 Å². The number of hydrogen-bond donors (Lipinski definition) is 2. The second-order valence-electron chi connectivity index (χ2n) is 6.03. The standard InChI is InChI=1S/C18H20N2O4S2/c1-11(21)20-17-16(13-6-2-3-7-14(13)26-17)18(23)24-10-15(22)19-9-12-5-4-8-25-12/h4-5,8H,2-3,6-7,9-10H2,1H3,(H,19,22)(H,20,21). The fourth-order valence-corrected chi connectivity index (χ4v) is 4.85. The number of thiophene rings is 2. The number of anilines is 1. The lowest BCUT2D eigenvalue weighted by Gasteiger charge is -2.12. The van der Waals surface area contributed by atoms with Gasteiger partial charge in [0.15, 0.2) is 6.61 Å². The zero-order valence-electron chi connectivity index (χ0n) is 14.4. The predicted octanol–water partition coefficient (Wildman–Crippen LogP) is 3.12. The van der Waals surface area contributed by atoms with Crippen molar-refractivity contribution in [1.82, 2.24) is 5.32 Å². The molecule has 1 aliphatic carbocycles. The quantitative estimate of drug-likeness (QED) is 0.740. The molecule has 8 heteroatoms. The first-order valence-corrected chi connectivity index (χ1v) is 10.1. The smallest absolute Gasteiger partial charge is 0.341 e. The third-order valence-corrected chi connectivity index (χ3v) is 6.12. The van der Waals surface area contributed by atoms with E-state index in [0.717, 1.165) is 41.0 Å². The maximum Gasteiger partial charge on any atom is 0.341 e. The molecule has 0 spiro atoms. The van der Waals surface area contributed by atoms with E-state index in [0.29, 0.717) is 17.1 Å². The van der Waals surface area contributed by atoms with Crippen LogP contribution in [-0.2, 0) is 33.7 Å². The van der Waals surface area contributed by atoms with Crippen LogP contribution in [0.4, 0.5) is 5.00 Å². The molecule has 0 atom stereocenters. The molecule has 0 fully saturated rings. The van der Waals surface area contributed by atoms with E-state index in [1.807, 2.05) is 17.5 Å². The summed E-state index contributed by atoms with van der Waals surface area (Å²) in [7, 11) is 0. The van der Waals surface area contributed by atoms with Crippen molar-refractivity contribution < 1.29 is 19.1 Å². The van der Waals surface area contributed by atoms with Crippen LogP contribution in [0.25, 0.3) is 0 Å². The second-order valence-corrected chi connectivity index (χ2v) is 8.17. The zero-order valence-corrected chi connectivity index (χ0v) is 16.1. The van der Waals surface area contributed by atoms with Crippen LogP contribution < -0.4 is 10.6 Å². The molecule has 0 bridgehead atoms. The number of rotatable bonds is 6. The summed E-state index contributed by atoms with van der Waals surface area (Å²) in [6, 6.07) is 3.84. The number of nitrogens with one attached hydrogen (secondary N) is 2. The highest BCUT2D eigenvalue weighted by Crippen LogP contribution is 2.38. The molecule has 6 nitrogen and oxygen atoms in total. The number of aryl methyl sites for hydroxylation is 1. The Morgan fingerprint density at radius 2 is 2.04 bits per heavy atom. The number of carbonyl (C=O) groups is 3.